The topological polar surface area (TPSA) is 35.2 Å². The molecule has 1 fully saturated rings. The molecule has 2 unspecified atom stereocenters. The fraction of sp³-hybridized carbons (Fsp3) is 0.636. The highest BCUT2D eigenvalue weighted by molar-refractivity contribution is 7.10. The van der Waals surface area contributed by atoms with Crippen molar-refractivity contribution in [2.75, 3.05) is 7.11 Å². The maximum atomic E-state index is 6.22. The van der Waals surface area contributed by atoms with Crippen LogP contribution in [0.4, 0.5) is 0 Å². The molecule has 1 saturated carbocycles. The van der Waals surface area contributed by atoms with E-state index >= 15 is 0 Å². The smallest absolute Gasteiger partial charge is 0.0792 e. The van der Waals surface area contributed by atoms with Crippen LogP contribution in [-0.4, -0.2) is 13.2 Å². The van der Waals surface area contributed by atoms with Crippen molar-refractivity contribution in [3.63, 3.8) is 0 Å². The van der Waals surface area contributed by atoms with Gasteiger partial charge < -0.3 is 10.5 Å². The summed E-state index contributed by atoms with van der Waals surface area (Å²) in [7, 11) is 1.77. The Hall–Kier alpha value is -0.380. The van der Waals surface area contributed by atoms with Gasteiger partial charge in [0.25, 0.3) is 0 Å². The molecule has 1 aromatic heterocycles. The van der Waals surface area contributed by atoms with Gasteiger partial charge in [0, 0.05) is 12.0 Å². The highest BCUT2D eigenvalue weighted by Crippen LogP contribution is 2.39. The zero-order valence-corrected chi connectivity index (χ0v) is 9.51. The second kappa shape index (κ2) is 4.01. The van der Waals surface area contributed by atoms with E-state index < -0.39 is 0 Å². The Morgan fingerprint density at radius 2 is 2.29 bits per heavy atom. The lowest BCUT2D eigenvalue weighted by molar-refractivity contribution is 0.0624. The fourth-order valence-corrected chi connectivity index (χ4v) is 2.73. The number of methoxy groups -OCH3 is 1. The van der Waals surface area contributed by atoms with Crippen LogP contribution in [0.1, 0.15) is 29.3 Å². The zero-order valence-electron chi connectivity index (χ0n) is 8.69. The average Bonchev–Trinajstić information content (AvgIpc) is 2.90. The first-order valence-corrected chi connectivity index (χ1v) is 5.94. The van der Waals surface area contributed by atoms with Gasteiger partial charge in [0.15, 0.2) is 0 Å². The summed E-state index contributed by atoms with van der Waals surface area (Å²) in [5, 5.41) is 2.10. The van der Waals surface area contributed by atoms with E-state index in [2.05, 4.69) is 18.4 Å². The third-order valence-corrected chi connectivity index (χ3v) is 3.83. The number of thiophene rings is 1. The minimum Gasteiger partial charge on any atom is -0.379 e. The van der Waals surface area contributed by atoms with Gasteiger partial charge in [0.05, 0.1) is 12.1 Å². The normalized spacial score (nSPS) is 20.8. The lowest BCUT2D eigenvalue weighted by atomic mass is 10.00. The largest absolute Gasteiger partial charge is 0.379 e. The summed E-state index contributed by atoms with van der Waals surface area (Å²) in [6.07, 6.45) is 2.76. The zero-order chi connectivity index (χ0) is 10.1. The Balaban J connectivity index is 2.13. The minimum absolute atomic E-state index is 0.0544. The van der Waals surface area contributed by atoms with Crippen LogP contribution in [0.3, 0.4) is 0 Å². The Bertz CT molecular complexity index is 306. The molecule has 2 rings (SSSR count). The molecule has 2 nitrogen and oxygen atoms in total. The standard InChI is InChI=1S/C11H17NOS/c1-7-9(5-6-14-7)10(12)11(13-2)8-3-4-8/h5-6,8,10-11H,3-4,12H2,1-2H3. The van der Waals surface area contributed by atoms with Crippen molar-refractivity contribution in [1.29, 1.82) is 0 Å². The van der Waals surface area contributed by atoms with Crippen LogP contribution in [0.2, 0.25) is 0 Å². The molecule has 2 N–H and O–H groups in total. The number of rotatable bonds is 4. The Morgan fingerprint density at radius 1 is 1.57 bits per heavy atom. The number of ether oxygens (including phenoxy) is 1. The Morgan fingerprint density at radius 3 is 2.71 bits per heavy atom. The number of aryl methyl sites for hydroxylation is 1. The van der Waals surface area contributed by atoms with Crippen LogP contribution in [0, 0.1) is 12.8 Å². The Kier molecular flexibility index (Phi) is 2.91. The van der Waals surface area contributed by atoms with Gasteiger partial charge >= 0.3 is 0 Å². The summed E-state index contributed by atoms with van der Waals surface area (Å²) in [5.41, 5.74) is 7.48. The van der Waals surface area contributed by atoms with Gasteiger partial charge in [-0.25, -0.2) is 0 Å². The SMILES string of the molecule is COC(C1CC1)C(N)c1ccsc1C. The van der Waals surface area contributed by atoms with Crippen molar-refractivity contribution < 1.29 is 4.74 Å². The van der Waals surface area contributed by atoms with E-state index in [1.54, 1.807) is 18.4 Å². The monoisotopic (exact) mass is 211 g/mol. The molecular weight excluding hydrogens is 194 g/mol. The predicted octanol–water partition coefficient (Wildman–Crippen LogP) is 2.48. The van der Waals surface area contributed by atoms with Crippen molar-refractivity contribution in [2.45, 2.75) is 31.9 Å². The first-order valence-electron chi connectivity index (χ1n) is 5.06. The predicted molar refractivity (Wildman–Crippen MR) is 59.5 cm³/mol. The number of nitrogens with two attached hydrogens (primary N) is 1. The Labute approximate surface area is 89.1 Å². The molecule has 1 aromatic rings. The van der Waals surface area contributed by atoms with Gasteiger partial charge in [0.1, 0.15) is 0 Å². The molecule has 0 bridgehead atoms. The maximum absolute atomic E-state index is 6.22. The molecule has 0 aromatic carbocycles. The molecule has 0 saturated heterocycles. The van der Waals surface area contributed by atoms with Crippen molar-refractivity contribution in [2.24, 2.45) is 11.7 Å². The molecule has 78 valence electrons. The van der Waals surface area contributed by atoms with Gasteiger partial charge in [-0.1, -0.05) is 0 Å². The molecule has 0 spiro atoms. The van der Waals surface area contributed by atoms with Gasteiger partial charge in [-0.05, 0) is 42.7 Å². The second-order valence-corrected chi connectivity index (χ2v) is 5.12. The van der Waals surface area contributed by atoms with Gasteiger partial charge in [-0.3, -0.25) is 0 Å². The summed E-state index contributed by atoms with van der Waals surface area (Å²) in [5.74, 6) is 0.689. The molecule has 1 heterocycles. The molecule has 14 heavy (non-hydrogen) atoms. The highest BCUT2D eigenvalue weighted by atomic mass is 32.1. The maximum Gasteiger partial charge on any atom is 0.0792 e. The second-order valence-electron chi connectivity index (χ2n) is 4.00. The summed E-state index contributed by atoms with van der Waals surface area (Å²) in [4.78, 5) is 1.32. The molecule has 3 heteroatoms. The van der Waals surface area contributed by atoms with Gasteiger partial charge in [0.2, 0.25) is 0 Å². The van der Waals surface area contributed by atoms with Crippen LogP contribution in [-0.2, 0) is 4.74 Å². The summed E-state index contributed by atoms with van der Waals surface area (Å²) >= 11 is 1.76. The van der Waals surface area contributed by atoms with E-state index in [9.17, 15) is 0 Å². The summed E-state index contributed by atoms with van der Waals surface area (Å²) in [6, 6.07) is 2.18. The van der Waals surface area contributed by atoms with E-state index in [1.807, 2.05) is 0 Å². The van der Waals surface area contributed by atoms with Gasteiger partial charge in [-0.15, -0.1) is 11.3 Å². The third kappa shape index (κ3) is 1.85. The van der Waals surface area contributed by atoms with Crippen LogP contribution >= 0.6 is 11.3 Å². The number of hydrogen-bond acceptors (Lipinski definition) is 3. The number of hydrogen-bond donors (Lipinski definition) is 1. The van der Waals surface area contributed by atoms with E-state index in [4.69, 9.17) is 10.5 Å². The van der Waals surface area contributed by atoms with Gasteiger partial charge in [-0.2, -0.15) is 0 Å². The average molecular weight is 211 g/mol. The first-order chi connectivity index (χ1) is 6.74. The van der Waals surface area contributed by atoms with Crippen LogP contribution in [0.25, 0.3) is 0 Å². The van der Waals surface area contributed by atoms with Crippen molar-refractivity contribution >= 4 is 11.3 Å². The molecule has 1 aliphatic rings. The molecule has 2 atom stereocenters. The highest BCUT2D eigenvalue weighted by Gasteiger charge is 2.36. The van der Waals surface area contributed by atoms with E-state index in [1.165, 1.54) is 23.3 Å². The fourth-order valence-electron chi connectivity index (χ4n) is 1.97. The van der Waals surface area contributed by atoms with E-state index in [-0.39, 0.29) is 12.1 Å². The van der Waals surface area contributed by atoms with Crippen molar-refractivity contribution in [3.05, 3.63) is 21.9 Å². The lowest BCUT2D eigenvalue weighted by Crippen LogP contribution is -2.29. The van der Waals surface area contributed by atoms with Crippen LogP contribution in [0.15, 0.2) is 11.4 Å². The van der Waals surface area contributed by atoms with Crippen LogP contribution < -0.4 is 5.73 Å². The summed E-state index contributed by atoms with van der Waals surface area (Å²) in [6.45, 7) is 2.12. The third-order valence-electron chi connectivity index (χ3n) is 2.97. The molecule has 1 aliphatic carbocycles. The molecular formula is C11H17NOS. The van der Waals surface area contributed by atoms with Crippen LogP contribution in [0.5, 0.6) is 0 Å². The molecule has 0 amide bonds. The minimum atomic E-state index is 0.0544. The van der Waals surface area contributed by atoms with Crippen molar-refractivity contribution in [3.8, 4) is 0 Å². The lowest BCUT2D eigenvalue weighted by Gasteiger charge is -2.22. The van der Waals surface area contributed by atoms with E-state index in [0.717, 1.165) is 0 Å². The summed E-state index contributed by atoms with van der Waals surface area (Å²) < 4.78 is 5.49. The quantitative estimate of drug-likeness (QED) is 0.830. The van der Waals surface area contributed by atoms with Crippen molar-refractivity contribution in [1.82, 2.24) is 0 Å². The van der Waals surface area contributed by atoms with E-state index in [0.29, 0.717) is 5.92 Å². The molecule has 0 radical (unpaired) electrons. The molecule has 0 aliphatic heterocycles. The first kappa shape index (κ1) is 10.1.